The van der Waals surface area contributed by atoms with Crippen LogP contribution in [-0.2, 0) is 12.4 Å². The van der Waals surface area contributed by atoms with E-state index in [0.29, 0.717) is 5.97 Å². The SMILES string of the molecule is N#C[B-](F)(F)c1cc(C(F)(F)F)cc(C(F)(F)F)c1.[Rb+]. The summed E-state index contributed by atoms with van der Waals surface area (Å²) >= 11 is 0. The molecule has 0 spiro atoms. The zero-order chi connectivity index (χ0) is 15.1. The fraction of sp³-hybridized carbons (Fsp3) is 0.222. The zero-order valence-electron chi connectivity index (χ0n) is 9.78. The largest absolute Gasteiger partial charge is 1.00 e. The predicted octanol–water partition coefficient (Wildman–Crippen LogP) is 0.379. The van der Waals surface area contributed by atoms with E-state index in [4.69, 9.17) is 5.26 Å². The summed E-state index contributed by atoms with van der Waals surface area (Å²) in [6.07, 6.45) is -10.4. The number of hydrogen-bond donors (Lipinski definition) is 0. The number of nitriles is 1. The monoisotopic (exact) mass is 373 g/mol. The average Bonchev–Trinajstić information content (AvgIpc) is 2.26. The molecule has 1 nitrogen and oxygen atoms in total. The Morgan fingerprint density at radius 2 is 1.20 bits per heavy atom. The molecular formula is C9H3BF8NRb. The Balaban J connectivity index is 0.00000361. The molecule has 20 heavy (non-hydrogen) atoms. The fourth-order valence-electron chi connectivity index (χ4n) is 1.26. The van der Waals surface area contributed by atoms with Crippen LogP contribution in [0, 0.1) is 11.2 Å². The third-order valence-corrected chi connectivity index (χ3v) is 2.19. The van der Waals surface area contributed by atoms with Crippen molar-refractivity contribution in [2.45, 2.75) is 12.4 Å². The van der Waals surface area contributed by atoms with Gasteiger partial charge in [0.15, 0.2) is 0 Å². The van der Waals surface area contributed by atoms with Gasteiger partial charge < -0.3 is 8.63 Å². The van der Waals surface area contributed by atoms with Crippen LogP contribution >= 0.6 is 0 Å². The van der Waals surface area contributed by atoms with Crippen molar-refractivity contribution in [3.05, 3.63) is 29.3 Å². The van der Waals surface area contributed by atoms with E-state index >= 15 is 0 Å². The first-order valence-electron chi connectivity index (χ1n) is 4.60. The van der Waals surface area contributed by atoms with Crippen molar-refractivity contribution >= 4 is 12.2 Å². The first-order valence-corrected chi connectivity index (χ1v) is 4.60. The van der Waals surface area contributed by atoms with Gasteiger partial charge in [0.2, 0.25) is 0 Å². The summed E-state index contributed by atoms with van der Waals surface area (Å²) in [5.41, 5.74) is -5.35. The molecule has 0 bridgehead atoms. The van der Waals surface area contributed by atoms with E-state index in [1.807, 2.05) is 0 Å². The van der Waals surface area contributed by atoms with Crippen LogP contribution in [0.4, 0.5) is 35.0 Å². The molecule has 0 heterocycles. The van der Waals surface area contributed by atoms with Gasteiger partial charge in [-0.2, -0.15) is 26.3 Å². The van der Waals surface area contributed by atoms with Crippen molar-refractivity contribution in [1.29, 1.82) is 5.26 Å². The molecule has 1 aromatic carbocycles. The number of nitrogens with zero attached hydrogens (tertiary/aromatic N) is 1. The van der Waals surface area contributed by atoms with E-state index in [1.54, 1.807) is 0 Å². The van der Waals surface area contributed by atoms with Crippen LogP contribution in [0.2, 0.25) is 0 Å². The minimum absolute atomic E-state index is 0. The van der Waals surface area contributed by atoms with E-state index in [9.17, 15) is 35.0 Å². The van der Waals surface area contributed by atoms with Crippen molar-refractivity contribution in [1.82, 2.24) is 0 Å². The maximum Gasteiger partial charge on any atom is 1.00 e. The molecule has 0 aromatic heterocycles. The first kappa shape index (κ1) is 20.0. The molecule has 0 aliphatic heterocycles. The minimum Gasteiger partial charge on any atom is -0.461 e. The molecule has 0 aliphatic carbocycles. The van der Waals surface area contributed by atoms with Crippen molar-refractivity contribution < 1.29 is 93.2 Å². The van der Waals surface area contributed by atoms with Crippen LogP contribution in [0.3, 0.4) is 0 Å². The van der Waals surface area contributed by atoms with Gasteiger partial charge >= 0.3 is 77.2 Å². The second kappa shape index (κ2) is 6.42. The number of halogens is 8. The Hall–Kier alpha value is 0.0201. The summed E-state index contributed by atoms with van der Waals surface area (Å²) in [4.78, 5) is 0. The van der Waals surface area contributed by atoms with Gasteiger partial charge in [-0.1, -0.05) is 18.1 Å². The Bertz CT molecular complexity index is 498. The summed E-state index contributed by atoms with van der Waals surface area (Å²) in [5.74, 6) is 0.409. The predicted molar refractivity (Wildman–Crippen MR) is 49.7 cm³/mol. The minimum atomic E-state index is -5.22. The molecule has 1 rings (SSSR count). The van der Waals surface area contributed by atoms with Crippen LogP contribution in [0.25, 0.3) is 0 Å². The Morgan fingerprint density at radius 3 is 1.45 bits per heavy atom. The molecule has 0 amide bonds. The van der Waals surface area contributed by atoms with E-state index in [-0.39, 0.29) is 76.4 Å². The van der Waals surface area contributed by atoms with Crippen molar-refractivity contribution in [2.75, 3.05) is 0 Å². The van der Waals surface area contributed by atoms with Crippen molar-refractivity contribution in [3.63, 3.8) is 0 Å². The summed E-state index contributed by atoms with van der Waals surface area (Å²) in [6, 6.07) is -0.593. The topological polar surface area (TPSA) is 23.8 Å². The van der Waals surface area contributed by atoms with E-state index in [2.05, 4.69) is 0 Å². The van der Waals surface area contributed by atoms with Crippen molar-refractivity contribution in [2.24, 2.45) is 0 Å². The van der Waals surface area contributed by atoms with E-state index in [1.165, 1.54) is 0 Å². The molecule has 0 saturated carbocycles. The smallest absolute Gasteiger partial charge is 0.461 e. The number of hydrogen-bond acceptors (Lipinski definition) is 1. The molecule has 0 radical (unpaired) electrons. The Kier molecular flexibility index (Phi) is 6.43. The quantitative estimate of drug-likeness (QED) is 0.516. The normalized spacial score (nSPS) is 12.6. The maximum atomic E-state index is 13.0. The van der Waals surface area contributed by atoms with Crippen LogP contribution in [-0.4, -0.2) is 6.70 Å². The molecule has 104 valence electrons. The van der Waals surface area contributed by atoms with E-state index < -0.39 is 35.6 Å². The third-order valence-electron chi connectivity index (χ3n) is 2.19. The molecule has 0 saturated heterocycles. The van der Waals surface area contributed by atoms with Gasteiger partial charge in [0.25, 0.3) is 0 Å². The first-order chi connectivity index (χ1) is 8.38. The second-order valence-electron chi connectivity index (χ2n) is 3.63. The van der Waals surface area contributed by atoms with Crippen LogP contribution in [0.1, 0.15) is 11.1 Å². The molecule has 1 aromatic rings. The zero-order valence-corrected chi connectivity index (χ0v) is 14.7. The Labute approximate surface area is 156 Å². The molecule has 0 unspecified atom stereocenters. The Morgan fingerprint density at radius 1 is 0.850 bits per heavy atom. The summed E-state index contributed by atoms with van der Waals surface area (Å²) < 4.78 is 100. The van der Waals surface area contributed by atoms with Gasteiger partial charge in [0, 0.05) is 0 Å². The standard InChI is InChI=1S/C9H3BF8N.Rb/c11-8(12,13)5-1-6(9(14,15)16)3-7(2-5)10(17,18)4-19;/h1-3H;/q-1;+1. The van der Waals surface area contributed by atoms with Gasteiger partial charge in [0.05, 0.1) is 11.1 Å². The van der Waals surface area contributed by atoms with Gasteiger partial charge in [-0.25, -0.2) is 5.26 Å². The van der Waals surface area contributed by atoms with Gasteiger partial charge in [-0.15, -0.1) is 5.46 Å². The average molecular weight is 373 g/mol. The summed E-state index contributed by atoms with van der Waals surface area (Å²) in [5, 5.41) is 8.10. The van der Waals surface area contributed by atoms with E-state index in [0.717, 1.165) is 0 Å². The van der Waals surface area contributed by atoms with Gasteiger partial charge in [-0.3, -0.25) is 0 Å². The molecule has 0 N–H and O–H groups in total. The molecule has 0 aliphatic rings. The number of benzene rings is 1. The summed E-state index contributed by atoms with van der Waals surface area (Å²) in [7, 11) is 0. The molecular weight excluding hydrogens is 370 g/mol. The van der Waals surface area contributed by atoms with Gasteiger partial charge in [0.1, 0.15) is 0 Å². The summed E-state index contributed by atoms with van der Waals surface area (Å²) in [6.45, 7) is -5.13. The number of rotatable bonds is 1. The van der Waals surface area contributed by atoms with Crippen LogP contribution < -0.4 is 63.7 Å². The number of alkyl halides is 6. The molecule has 0 atom stereocenters. The van der Waals surface area contributed by atoms with Crippen LogP contribution in [0.15, 0.2) is 18.2 Å². The van der Waals surface area contributed by atoms with Crippen molar-refractivity contribution in [3.8, 4) is 5.97 Å². The maximum absolute atomic E-state index is 13.0. The van der Waals surface area contributed by atoms with Crippen LogP contribution in [0.5, 0.6) is 0 Å². The van der Waals surface area contributed by atoms with Gasteiger partial charge in [-0.05, 0) is 6.07 Å². The fourth-order valence-corrected chi connectivity index (χ4v) is 1.26. The molecule has 11 heteroatoms. The molecule has 0 fully saturated rings. The second-order valence-corrected chi connectivity index (χ2v) is 3.63. The third kappa shape index (κ3) is 4.79.